The molecule has 0 spiro atoms. The third kappa shape index (κ3) is 2.13. The summed E-state index contributed by atoms with van der Waals surface area (Å²) in [6.45, 7) is 10.5. The molecule has 0 aliphatic rings. The highest BCUT2D eigenvalue weighted by molar-refractivity contribution is 5.29. The Morgan fingerprint density at radius 3 is 1.92 bits per heavy atom. The predicted molar refractivity (Wildman–Crippen MR) is 55.6 cm³/mol. The fraction of sp³-hybridized carbons (Fsp3) is 0.636. The molecule has 0 atom stereocenters. The molecule has 1 heteroatoms. The second kappa shape index (κ2) is 5.02. The largest absolute Gasteiger partial charge is 0.354 e. The molecule has 1 heterocycles. The van der Waals surface area contributed by atoms with Gasteiger partial charge in [-0.1, -0.05) is 20.8 Å². The summed E-state index contributed by atoms with van der Waals surface area (Å²) in [4.78, 5) is 0. The van der Waals surface area contributed by atoms with Crippen LogP contribution >= 0.6 is 0 Å². The summed E-state index contributed by atoms with van der Waals surface area (Å²) in [6, 6.07) is 0. The molecule has 0 N–H and O–H groups in total. The van der Waals surface area contributed by atoms with Crippen molar-refractivity contribution in [1.82, 2.24) is 4.57 Å². The summed E-state index contributed by atoms with van der Waals surface area (Å²) in [5, 5.41) is 0. The summed E-state index contributed by atoms with van der Waals surface area (Å²) < 4.78 is 2.21. The second-order valence-electron chi connectivity index (χ2n) is 2.85. The maximum Gasteiger partial charge on any atom is 0.0201 e. The molecule has 1 aromatic rings. The second-order valence-corrected chi connectivity index (χ2v) is 2.85. The molecule has 12 heavy (non-hydrogen) atoms. The minimum atomic E-state index is 1.14. The number of nitrogens with zero attached hydrogens (tertiary/aromatic N) is 1. The van der Waals surface area contributed by atoms with E-state index < -0.39 is 0 Å². The fourth-order valence-corrected chi connectivity index (χ4v) is 1.47. The zero-order valence-electron chi connectivity index (χ0n) is 9.23. The normalized spacial score (nSPS) is 9.17. The number of rotatable bonds is 1. The summed E-state index contributed by atoms with van der Waals surface area (Å²) in [5.74, 6) is 0. The summed E-state index contributed by atoms with van der Waals surface area (Å²) in [5.41, 5.74) is 4.31. The van der Waals surface area contributed by atoms with Gasteiger partial charge in [0, 0.05) is 18.9 Å². The van der Waals surface area contributed by atoms with Crippen molar-refractivity contribution in [2.24, 2.45) is 7.05 Å². The Bertz CT molecular complexity index is 233. The van der Waals surface area contributed by atoms with Crippen molar-refractivity contribution in [3.63, 3.8) is 0 Å². The maximum absolute atomic E-state index is 2.21. The lowest BCUT2D eigenvalue weighted by Gasteiger charge is -1.99. The van der Waals surface area contributed by atoms with Crippen molar-refractivity contribution >= 4 is 0 Å². The lowest BCUT2D eigenvalue weighted by molar-refractivity contribution is 0.831. The van der Waals surface area contributed by atoms with Crippen LogP contribution in [-0.4, -0.2) is 4.57 Å². The van der Waals surface area contributed by atoms with E-state index in [-0.39, 0.29) is 0 Å². The van der Waals surface area contributed by atoms with Crippen molar-refractivity contribution < 1.29 is 0 Å². The molecular weight excluding hydrogens is 146 g/mol. The molecule has 0 radical (unpaired) electrons. The lowest BCUT2D eigenvalue weighted by atomic mass is 10.1. The van der Waals surface area contributed by atoms with Crippen LogP contribution in [0.15, 0.2) is 6.20 Å². The highest BCUT2D eigenvalue weighted by atomic mass is 14.9. The first-order valence-electron chi connectivity index (χ1n) is 4.78. The van der Waals surface area contributed by atoms with Gasteiger partial charge < -0.3 is 4.57 Å². The van der Waals surface area contributed by atoms with Gasteiger partial charge in [-0.3, -0.25) is 0 Å². The average molecular weight is 167 g/mol. The summed E-state index contributed by atoms with van der Waals surface area (Å²) in [6.07, 6.45) is 3.32. The standard InChI is InChI=1S/C9H15N.C2H6/c1-5-9-8(3)7(2)6-10(9)4;1-2/h6H,5H2,1-4H3;1-2H3. The van der Waals surface area contributed by atoms with Crippen molar-refractivity contribution in [3.8, 4) is 0 Å². The molecule has 0 aromatic carbocycles. The van der Waals surface area contributed by atoms with E-state index in [9.17, 15) is 0 Å². The van der Waals surface area contributed by atoms with E-state index in [1.165, 1.54) is 16.8 Å². The van der Waals surface area contributed by atoms with Gasteiger partial charge in [-0.15, -0.1) is 0 Å². The molecule has 1 rings (SSSR count). The van der Waals surface area contributed by atoms with E-state index in [1.807, 2.05) is 13.8 Å². The van der Waals surface area contributed by atoms with Crippen LogP contribution in [-0.2, 0) is 13.5 Å². The molecule has 0 amide bonds. The first-order valence-corrected chi connectivity index (χ1v) is 4.78. The predicted octanol–water partition coefficient (Wildman–Crippen LogP) is 3.23. The van der Waals surface area contributed by atoms with Crippen molar-refractivity contribution in [2.45, 2.75) is 41.0 Å². The van der Waals surface area contributed by atoms with Gasteiger partial charge in [-0.25, -0.2) is 0 Å². The van der Waals surface area contributed by atoms with E-state index in [0.29, 0.717) is 0 Å². The molecule has 70 valence electrons. The topological polar surface area (TPSA) is 4.93 Å². The van der Waals surface area contributed by atoms with E-state index in [0.717, 1.165) is 6.42 Å². The Morgan fingerprint density at radius 1 is 1.25 bits per heavy atom. The zero-order valence-corrected chi connectivity index (χ0v) is 9.23. The number of hydrogen-bond acceptors (Lipinski definition) is 0. The fourth-order valence-electron chi connectivity index (χ4n) is 1.47. The van der Waals surface area contributed by atoms with Gasteiger partial charge in [-0.2, -0.15) is 0 Å². The third-order valence-electron chi connectivity index (χ3n) is 2.17. The molecule has 0 aliphatic carbocycles. The molecule has 1 aromatic heterocycles. The number of aryl methyl sites for hydroxylation is 2. The Kier molecular flexibility index (Phi) is 4.72. The van der Waals surface area contributed by atoms with Gasteiger partial charge in [0.1, 0.15) is 0 Å². The molecule has 0 unspecified atom stereocenters. The average Bonchev–Trinajstić information content (AvgIpc) is 2.31. The van der Waals surface area contributed by atoms with Crippen LogP contribution in [0.4, 0.5) is 0 Å². The minimum Gasteiger partial charge on any atom is -0.354 e. The minimum absolute atomic E-state index is 1.14. The smallest absolute Gasteiger partial charge is 0.0201 e. The third-order valence-corrected chi connectivity index (χ3v) is 2.17. The number of aromatic nitrogens is 1. The van der Waals surface area contributed by atoms with Gasteiger partial charge in [0.15, 0.2) is 0 Å². The van der Waals surface area contributed by atoms with Crippen molar-refractivity contribution in [3.05, 3.63) is 23.0 Å². The maximum atomic E-state index is 2.21. The molecule has 0 saturated heterocycles. The van der Waals surface area contributed by atoms with Gasteiger partial charge in [0.25, 0.3) is 0 Å². The molecule has 0 bridgehead atoms. The molecule has 1 nitrogen and oxygen atoms in total. The Hall–Kier alpha value is -0.720. The highest BCUT2D eigenvalue weighted by Gasteiger charge is 2.02. The lowest BCUT2D eigenvalue weighted by Crippen LogP contribution is -1.93. The Morgan fingerprint density at radius 2 is 1.75 bits per heavy atom. The van der Waals surface area contributed by atoms with Crippen molar-refractivity contribution in [1.29, 1.82) is 0 Å². The van der Waals surface area contributed by atoms with Crippen LogP contribution < -0.4 is 0 Å². The van der Waals surface area contributed by atoms with E-state index >= 15 is 0 Å². The van der Waals surface area contributed by atoms with E-state index in [2.05, 4.69) is 38.6 Å². The molecular formula is C11H21N. The van der Waals surface area contributed by atoms with E-state index in [1.54, 1.807) is 0 Å². The number of hydrogen-bond donors (Lipinski definition) is 0. The van der Waals surface area contributed by atoms with Gasteiger partial charge >= 0.3 is 0 Å². The first-order chi connectivity index (χ1) is 5.66. The molecule has 0 aliphatic heterocycles. The Labute approximate surface area is 76.4 Å². The first kappa shape index (κ1) is 11.3. The van der Waals surface area contributed by atoms with Crippen LogP contribution in [0, 0.1) is 13.8 Å². The quantitative estimate of drug-likeness (QED) is 0.605. The highest BCUT2D eigenvalue weighted by Crippen LogP contribution is 2.14. The van der Waals surface area contributed by atoms with Gasteiger partial charge in [0.05, 0.1) is 0 Å². The van der Waals surface area contributed by atoms with Gasteiger partial charge in [0.2, 0.25) is 0 Å². The zero-order chi connectivity index (χ0) is 9.72. The summed E-state index contributed by atoms with van der Waals surface area (Å²) in [7, 11) is 2.11. The van der Waals surface area contributed by atoms with Crippen LogP contribution in [0.2, 0.25) is 0 Å². The molecule has 0 saturated carbocycles. The van der Waals surface area contributed by atoms with Crippen molar-refractivity contribution in [2.75, 3.05) is 0 Å². The summed E-state index contributed by atoms with van der Waals surface area (Å²) >= 11 is 0. The van der Waals surface area contributed by atoms with Crippen LogP contribution in [0.1, 0.15) is 37.6 Å². The van der Waals surface area contributed by atoms with Crippen LogP contribution in [0.3, 0.4) is 0 Å². The SMILES string of the molecule is CC.CCc1c(C)c(C)cn1C. The molecule has 0 fully saturated rings. The Balaban J connectivity index is 0.000000561. The van der Waals surface area contributed by atoms with E-state index in [4.69, 9.17) is 0 Å². The van der Waals surface area contributed by atoms with Crippen LogP contribution in [0.25, 0.3) is 0 Å². The van der Waals surface area contributed by atoms with Gasteiger partial charge in [-0.05, 0) is 31.4 Å². The van der Waals surface area contributed by atoms with Crippen LogP contribution in [0.5, 0.6) is 0 Å². The monoisotopic (exact) mass is 167 g/mol.